The van der Waals surface area contributed by atoms with Crippen LogP contribution >= 0.6 is 15.9 Å². The molecule has 4 heteroatoms. The second kappa shape index (κ2) is 5.88. The number of aliphatic hydroxyl groups is 1. The molecule has 0 heterocycles. The standard InChI is InChI=1S/C21H27BrO3/c1-20-7-5-13(23)9-12(20)10-17(24)19-15-4-3-14(18(25)11-22)21(15,2)8-6-16(19)20/h6,9,14-15,17,19,24H,3-5,7-8,10-11H2,1-2H3/t14-,15+,17?,19+,20+,21-/m1/s1. The predicted octanol–water partition coefficient (Wildman–Crippen LogP) is 3.99. The zero-order chi connectivity index (χ0) is 18.0. The van der Waals surface area contributed by atoms with Crippen LogP contribution in [0.2, 0.25) is 0 Å². The van der Waals surface area contributed by atoms with Gasteiger partial charge in [-0.15, -0.1) is 0 Å². The number of allylic oxidation sites excluding steroid dienone is 2. The van der Waals surface area contributed by atoms with Crippen LogP contribution in [0.5, 0.6) is 0 Å². The lowest BCUT2D eigenvalue weighted by Crippen LogP contribution is -2.50. The van der Waals surface area contributed by atoms with Gasteiger partial charge >= 0.3 is 0 Å². The number of Topliss-reactive ketones (excluding diaryl/α,β-unsaturated/α-hetero) is 1. The summed E-state index contributed by atoms with van der Waals surface area (Å²) >= 11 is 3.35. The van der Waals surface area contributed by atoms with Crippen molar-refractivity contribution in [2.75, 3.05) is 5.33 Å². The van der Waals surface area contributed by atoms with Crippen LogP contribution in [-0.4, -0.2) is 28.1 Å². The van der Waals surface area contributed by atoms with Crippen LogP contribution in [-0.2, 0) is 9.59 Å². The molecule has 136 valence electrons. The molecule has 4 aliphatic rings. The Morgan fingerprint density at radius 2 is 2.12 bits per heavy atom. The lowest BCUT2D eigenvalue weighted by atomic mass is 9.50. The van der Waals surface area contributed by atoms with Gasteiger partial charge in [0.15, 0.2) is 5.78 Å². The van der Waals surface area contributed by atoms with Crippen LogP contribution in [0.4, 0.5) is 0 Å². The van der Waals surface area contributed by atoms with Crippen molar-refractivity contribution >= 4 is 27.5 Å². The molecule has 4 aliphatic carbocycles. The molecule has 0 aromatic heterocycles. The lowest BCUT2D eigenvalue weighted by Gasteiger charge is -2.55. The number of alkyl halides is 1. The minimum atomic E-state index is -0.432. The van der Waals surface area contributed by atoms with E-state index in [1.165, 1.54) is 5.57 Å². The number of aliphatic hydroxyl groups excluding tert-OH is 1. The maximum absolute atomic E-state index is 12.5. The fourth-order valence-corrected chi connectivity index (χ4v) is 6.84. The van der Waals surface area contributed by atoms with Crippen LogP contribution in [0.1, 0.15) is 52.4 Å². The maximum atomic E-state index is 12.5. The molecule has 0 bridgehead atoms. The zero-order valence-corrected chi connectivity index (χ0v) is 16.6. The highest BCUT2D eigenvalue weighted by Gasteiger charge is 2.59. The van der Waals surface area contributed by atoms with Gasteiger partial charge in [0.2, 0.25) is 0 Å². The predicted molar refractivity (Wildman–Crippen MR) is 100 cm³/mol. The third-order valence-corrected chi connectivity index (χ3v) is 8.43. The molecule has 0 spiro atoms. The quantitative estimate of drug-likeness (QED) is 0.556. The number of rotatable bonds is 2. The van der Waals surface area contributed by atoms with E-state index in [4.69, 9.17) is 0 Å². The number of halogens is 1. The maximum Gasteiger partial charge on any atom is 0.155 e. The lowest BCUT2D eigenvalue weighted by molar-refractivity contribution is -0.124. The van der Waals surface area contributed by atoms with Crippen LogP contribution in [0.15, 0.2) is 23.3 Å². The molecule has 0 aliphatic heterocycles. The summed E-state index contributed by atoms with van der Waals surface area (Å²) in [4.78, 5) is 24.4. The van der Waals surface area contributed by atoms with Gasteiger partial charge in [-0.25, -0.2) is 0 Å². The largest absolute Gasteiger partial charge is 0.392 e. The van der Waals surface area contributed by atoms with E-state index in [0.717, 1.165) is 31.3 Å². The highest BCUT2D eigenvalue weighted by Crippen LogP contribution is 2.64. The van der Waals surface area contributed by atoms with E-state index >= 15 is 0 Å². The van der Waals surface area contributed by atoms with Gasteiger partial charge in [0.1, 0.15) is 5.78 Å². The fraction of sp³-hybridized carbons (Fsp3) is 0.714. The van der Waals surface area contributed by atoms with Gasteiger partial charge in [0.25, 0.3) is 0 Å². The van der Waals surface area contributed by atoms with Crippen LogP contribution < -0.4 is 0 Å². The molecular formula is C21H27BrO3. The molecule has 0 radical (unpaired) electrons. The second-order valence-electron chi connectivity index (χ2n) is 8.97. The summed E-state index contributed by atoms with van der Waals surface area (Å²) in [5.74, 6) is 1.11. The van der Waals surface area contributed by atoms with Crippen LogP contribution in [0.3, 0.4) is 0 Å². The molecule has 0 aromatic carbocycles. The molecule has 4 rings (SSSR count). The van der Waals surface area contributed by atoms with Gasteiger partial charge in [-0.2, -0.15) is 0 Å². The molecule has 0 saturated heterocycles. The monoisotopic (exact) mass is 406 g/mol. The van der Waals surface area contributed by atoms with Gasteiger partial charge in [-0.3, -0.25) is 9.59 Å². The third-order valence-electron chi connectivity index (χ3n) is 7.88. The van der Waals surface area contributed by atoms with Crippen molar-refractivity contribution in [3.63, 3.8) is 0 Å². The number of ketones is 2. The molecule has 2 fully saturated rings. The summed E-state index contributed by atoms with van der Waals surface area (Å²) in [5.41, 5.74) is 2.35. The molecule has 1 unspecified atom stereocenters. The Balaban J connectivity index is 1.76. The Morgan fingerprint density at radius 1 is 1.36 bits per heavy atom. The molecular weight excluding hydrogens is 380 g/mol. The molecule has 6 atom stereocenters. The van der Waals surface area contributed by atoms with Crippen molar-refractivity contribution in [3.8, 4) is 0 Å². The Labute approximate surface area is 158 Å². The van der Waals surface area contributed by atoms with Gasteiger partial charge < -0.3 is 5.11 Å². The third kappa shape index (κ3) is 2.39. The van der Waals surface area contributed by atoms with Crippen molar-refractivity contribution in [3.05, 3.63) is 23.3 Å². The topological polar surface area (TPSA) is 54.4 Å². The Kier molecular flexibility index (Phi) is 4.16. The Bertz CT molecular complexity index is 693. The first-order valence-corrected chi connectivity index (χ1v) is 10.6. The summed E-state index contributed by atoms with van der Waals surface area (Å²) in [6.07, 6.45) is 8.63. The first-order chi connectivity index (χ1) is 11.8. The second-order valence-corrected chi connectivity index (χ2v) is 9.53. The zero-order valence-electron chi connectivity index (χ0n) is 15.1. The molecule has 1 N–H and O–H groups in total. The summed E-state index contributed by atoms with van der Waals surface area (Å²) in [5, 5.41) is 11.4. The van der Waals surface area contributed by atoms with Crippen molar-refractivity contribution in [1.29, 1.82) is 0 Å². The van der Waals surface area contributed by atoms with E-state index in [0.29, 0.717) is 29.9 Å². The fourth-order valence-electron chi connectivity index (χ4n) is 6.45. The van der Waals surface area contributed by atoms with Crippen molar-refractivity contribution in [1.82, 2.24) is 0 Å². The SMILES string of the molecule is C[C@]12CCC(=O)C=C1CC(O)[C@@H]1C2=CC[C@]2(C)[C@@H](C(=O)CBr)CC[C@@H]12. The van der Waals surface area contributed by atoms with Gasteiger partial charge in [0, 0.05) is 23.7 Å². The van der Waals surface area contributed by atoms with Gasteiger partial charge in [0.05, 0.1) is 11.4 Å². The molecule has 3 nitrogen and oxygen atoms in total. The number of hydrogen-bond donors (Lipinski definition) is 1. The van der Waals surface area contributed by atoms with Crippen LogP contribution in [0.25, 0.3) is 0 Å². The van der Waals surface area contributed by atoms with E-state index in [1.54, 1.807) is 6.08 Å². The number of hydrogen-bond acceptors (Lipinski definition) is 3. The average molecular weight is 407 g/mol. The Hall–Kier alpha value is -0.740. The summed E-state index contributed by atoms with van der Waals surface area (Å²) in [6, 6.07) is 0. The van der Waals surface area contributed by atoms with Gasteiger partial charge in [-0.05, 0) is 49.5 Å². The van der Waals surface area contributed by atoms with E-state index in [2.05, 4.69) is 35.9 Å². The molecule has 0 amide bonds. The molecule has 2 saturated carbocycles. The molecule has 25 heavy (non-hydrogen) atoms. The van der Waals surface area contributed by atoms with E-state index in [1.807, 2.05) is 0 Å². The number of carbonyl (C=O) groups is 2. The normalized spacial score (nSPS) is 45.8. The number of fused-ring (bicyclic) bond motifs is 5. The minimum absolute atomic E-state index is 0.0396. The van der Waals surface area contributed by atoms with Gasteiger partial charge in [-0.1, -0.05) is 47.0 Å². The highest BCUT2D eigenvalue weighted by atomic mass is 79.9. The van der Waals surface area contributed by atoms with Crippen LogP contribution in [0, 0.1) is 28.6 Å². The first-order valence-electron chi connectivity index (χ1n) is 9.52. The molecule has 0 aromatic rings. The smallest absolute Gasteiger partial charge is 0.155 e. The summed E-state index contributed by atoms with van der Waals surface area (Å²) in [7, 11) is 0. The van der Waals surface area contributed by atoms with E-state index < -0.39 is 6.10 Å². The van der Waals surface area contributed by atoms with E-state index in [9.17, 15) is 14.7 Å². The van der Waals surface area contributed by atoms with E-state index in [-0.39, 0.29) is 28.4 Å². The highest BCUT2D eigenvalue weighted by molar-refractivity contribution is 9.09. The van der Waals surface area contributed by atoms with Crippen molar-refractivity contribution in [2.24, 2.45) is 28.6 Å². The van der Waals surface area contributed by atoms with Crippen molar-refractivity contribution < 1.29 is 14.7 Å². The summed E-state index contributed by atoms with van der Waals surface area (Å²) < 4.78 is 0. The summed E-state index contributed by atoms with van der Waals surface area (Å²) in [6.45, 7) is 4.52. The average Bonchev–Trinajstić information content (AvgIpc) is 2.93. The minimum Gasteiger partial charge on any atom is -0.392 e. The Morgan fingerprint density at radius 3 is 2.84 bits per heavy atom. The van der Waals surface area contributed by atoms with Crippen molar-refractivity contribution in [2.45, 2.75) is 58.5 Å². The number of carbonyl (C=O) groups excluding carboxylic acids is 2. The first kappa shape index (κ1) is 17.7.